The van der Waals surface area contributed by atoms with Gasteiger partial charge in [0, 0.05) is 18.5 Å². The third-order valence-electron chi connectivity index (χ3n) is 4.85. The predicted molar refractivity (Wildman–Crippen MR) is 80.1 cm³/mol. The second kappa shape index (κ2) is 5.38. The summed E-state index contributed by atoms with van der Waals surface area (Å²) in [6.07, 6.45) is 3.58. The molecule has 2 heterocycles. The van der Waals surface area contributed by atoms with Gasteiger partial charge in [-0.05, 0) is 51.4 Å². The zero-order valence-electron chi connectivity index (χ0n) is 12.6. The molecule has 0 amide bonds. The molecule has 0 aliphatic carbocycles. The van der Waals surface area contributed by atoms with Gasteiger partial charge in [-0.1, -0.05) is 18.6 Å². The van der Waals surface area contributed by atoms with E-state index in [4.69, 9.17) is 4.74 Å². The van der Waals surface area contributed by atoms with E-state index in [2.05, 4.69) is 30.9 Å². The summed E-state index contributed by atoms with van der Waals surface area (Å²) in [4.78, 5) is 2.48. The van der Waals surface area contributed by atoms with Gasteiger partial charge in [0.25, 0.3) is 0 Å². The van der Waals surface area contributed by atoms with E-state index in [1.807, 2.05) is 6.07 Å². The van der Waals surface area contributed by atoms with E-state index >= 15 is 0 Å². The zero-order chi connectivity index (χ0) is 14.2. The molecule has 3 heteroatoms. The number of hydrogen-bond donors (Lipinski definition) is 1. The van der Waals surface area contributed by atoms with Crippen molar-refractivity contribution in [3.05, 3.63) is 29.3 Å². The number of hydrogen-bond acceptors (Lipinski definition) is 3. The first-order chi connectivity index (χ1) is 9.62. The zero-order valence-corrected chi connectivity index (χ0v) is 12.6. The Morgan fingerprint density at radius 1 is 1.35 bits per heavy atom. The summed E-state index contributed by atoms with van der Waals surface area (Å²) in [6, 6.07) is 6.15. The van der Waals surface area contributed by atoms with Crippen LogP contribution in [0.2, 0.25) is 0 Å². The highest BCUT2D eigenvalue weighted by Crippen LogP contribution is 2.44. The SMILES string of the molecule is CCN1CCCC2(CC1)C[C@@H](O)c1cc(C)ccc1O2. The lowest BCUT2D eigenvalue weighted by atomic mass is 9.83. The summed E-state index contributed by atoms with van der Waals surface area (Å²) in [5, 5.41) is 10.5. The summed E-state index contributed by atoms with van der Waals surface area (Å²) in [7, 11) is 0. The average Bonchev–Trinajstić information content (AvgIpc) is 2.62. The molecular weight excluding hydrogens is 250 g/mol. The van der Waals surface area contributed by atoms with Gasteiger partial charge in [0.05, 0.1) is 6.10 Å². The Balaban J connectivity index is 1.85. The van der Waals surface area contributed by atoms with Crippen LogP contribution in [0.25, 0.3) is 0 Å². The Morgan fingerprint density at radius 3 is 3.00 bits per heavy atom. The molecule has 0 radical (unpaired) electrons. The monoisotopic (exact) mass is 275 g/mol. The highest BCUT2D eigenvalue weighted by atomic mass is 16.5. The van der Waals surface area contributed by atoms with Gasteiger partial charge in [0.2, 0.25) is 0 Å². The van der Waals surface area contributed by atoms with E-state index in [1.165, 1.54) is 5.56 Å². The van der Waals surface area contributed by atoms with Gasteiger partial charge in [-0.2, -0.15) is 0 Å². The first-order valence-electron chi connectivity index (χ1n) is 7.82. The van der Waals surface area contributed by atoms with Gasteiger partial charge in [0.1, 0.15) is 11.4 Å². The van der Waals surface area contributed by atoms with E-state index in [-0.39, 0.29) is 11.7 Å². The van der Waals surface area contributed by atoms with Crippen molar-refractivity contribution in [1.29, 1.82) is 0 Å². The third-order valence-corrected chi connectivity index (χ3v) is 4.85. The van der Waals surface area contributed by atoms with Crippen LogP contribution in [0.1, 0.15) is 49.8 Å². The highest BCUT2D eigenvalue weighted by Gasteiger charge is 2.41. The lowest BCUT2D eigenvalue weighted by Gasteiger charge is -2.40. The summed E-state index contributed by atoms with van der Waals surface area (Å²) in [6.45, 7) is 7.60. The van der Waals surface area contributed by atoms with Gasteiger partial charge in [0.15, 0.2) is 0 Å². The average molecular weight is 275 g/mol. The minimum Gasteiger partial charge on any atom is -0.487 e. The molecule has 1 aromatic carbocycles. The van der Waals surface area contributed by atoms with Crippen LogP contribution >= 0.6 is 0 Å². The minimum absolute atomic E-state index is 0.161. The van der Waals surface area contributed by atoms with Crippen LogP contribution in [0.15, 0.2) is 18.2 Å². The summed E-state index contributed by atoms with van der Waals surface area (Å²) >= 11 is 0. The topological polar surface area (TPSA) is 32.7 Å². The molecule has 3 nitrogen and oxygen atoms in total. The fourth-order valence-electron chi connectivity index (χ4n) is 3.60. The molecule has 0 aromatic heterocycles. The molecule has 2 atom stereocenters. The van der Waals surface area contributed by atoms with E-state index in [0.717, 1.165) is 56.6 Å². The number of aliphatic hydroxyl groups is 1. The van der Waals surface area contributed by atoms with Gasteiger partial charge in [-0.25, -0.2) is 0 Å². The second-order valence-corrected chi connectivity index (χ2v) is 6.33. The lowest BCUT2D eigenvalue weighted by molar-refractivity contribution is -0.0238. The quantitative estimate of drug-likeness (QED) is 0.855. The first kappa shape index (κ1) is 13.9. The molecule has 1 saturated heterocycles. The fourth-order valence-corrected chi connectivity index (χ4v) is 3.60. The number of ether oxygens (including phenoxy) is 1. The van der Waals surface area contributed by atoms with Gasteiger partial charge in [-0.3, -0.25) is 0 Å². The lowest BCUT2D eigenvalue weighted by Crippen LogP contribution is -2.42. The Morgan fingerprint density at radius 2 is 2.20 bits per heavy atom. The Labute approximate surface area is 121 Å². The van der Waals surface area contributed by atoms with E-state index in [9.17, 15) is 5.11 Å². The fraction of sp³-hybridized carbons (Fsp3) is 0.647. The van der Waals surface area contributed by atoms with Crippen molar-refractivity contribution in [2.24, 2.45) is 0 Å². The van der Waals surface area contributed by atoms with Crippen molar-refractivity contribution in [3.8, 4) is 5.75 Å². The van der Waals surface area contributed by atoms with Crippen molar-refractivity contribution in [3.63, 3.8) is 0 Å². The van der Waals surface area contributed by atoms with Crippen molar-refractivity contribution in [2.45, 2.75) is 51.2 Å². The third kappa shape index (κ3) is 2.57. The molecule has 1 aromatic rings. The van der Waals surface area contributed by atoms with Gasteiger partial charge < -0.3 is 14.7 Å². The van der Waals surface area contributed by atoms with Crippen molar-refractivity contribution < 1.29 is 9.84 Å². The smallest absolute Gasteiger partial charge is 0.125 e. The van der Waals surface area contributed by atoms with Crippen molar-refractivity contribution >= 4 is 0 Å². The van der Waals surface area contributed by atoms with Gasteiger partial charge in [-0.15, -0.1) is 0 Å². The molecule has 1 unspecified atom stereocenters. The summed E-state index contributed by atoms with van der Waals surface area (Å²) in [5.41, 5.74) is 1.98. The number of nitrogens with zero attached hydrogens (tertiary/aromatic N) is 1. The normalized spacial score (nSPS) is 30.6. The highest BCUT2D eigenvalue weighted by molar-refractivity contribution is 5.40. The summed E-state index contributed by atoms with van der Waals surface area (Å²) in [5.74, 6) is 0.888. The van der Waals surface area contributed by atoms with Crippen LogP contribution in [-0.4, -0.2) is 35.2 Å². The molecular formula is C17H25NO2. The number of benzene rings is 1. The van der Waals surface area contributed by atoms with Crippen LogP contribution in [0.4, 0.5) is 0 Å². The maximum absolute atomic E-state index is 10.5. The van der Waals surface area contributed by atoms with E-state index < -0.39 is 0 Å². The van der Waals surface area contributed by atoms with Crippen LogP contribution < -0.4 is 4.74 Å². The Hall–Kier alpha value is -1.06. The Bertz CT molecular complexity index is 488. The number of aliphatic hydroxyl groups excluding tert-OH is 1. The molecule has 2 aliphatic heterocycles. The molecule has 110 valence electrons. The molecule has 0 saturated carbocycles. The van der Waals surface area contributed by atoms with E-state index in [1.54, 1.807) is 0 Å². The molecule has 20 heavy (non-hydrogen) atoms. The molecule has 1 N–H and O–H groups in total. The van der Waals surface area contributed by atoms with Crippen molar-refractivity contribution in [2.75, 3.05) is 19.6 Å². The second-order valence-electron chi connectivity index (χ2n) is 6.33. The minimum atomic E-state index is -0.383. The molecule has 2 aliphatic rings. The van der Waals surface area contributed by atoms with Crippen LogP contribution in [-0.2, 0) is 0 Å². The van der Waals surface area contributed by atoms with Gasteiger partial charge >= 0.3 is 0 Å². The van der Waals surface area contributed by atoms with Crippen molar-refractivity contribution in [1.82, 2.24) is 4.90 Å². The molecule has 0 bridgehead atoms. The number of likely N-dealkylation sites (tertiary alicyclic amines) is 1. The molecule has 3 rings (SSSR count). The van der Waals surface area contributed by atoms with Crippen LogP contribution in [0.3, 0.4) is 0 Å². The predicted octanol–water partition coefficient (Wildman–Crippen LogP) is 3.06. The summed E-state index contributed by atoms with van der Waals surface area (Å²) < 4.78 is 6.37. The van der Waals surface area contributed by atoms with Crippen LogP contribution in [0, 0.1) is 6.92 Å². The van der Waals surface area contributed by atoms with E-state index in [0.29, 0.717) is 0 Å². The maximum atomic E-state index is 10.5. The number of rotatable bonds is 1. The molecule has 1 fully saturated rings. The maximum Gasteiger partial charge on any atom is 0.125 e. The Kier molecular flexibility index (Phi) is 3.74. The number of aryl methyl sites for hydroxylation is 1. The molecule has 1 spiro atoms. The van der Waals surface area contributed by atoms with Crippen LogP contribution in [0.5, 0.6) is 5.75 Å². The largest absolute Gasteiger partial charge is 0.487 e. The standard InChI is InChI=1S/C17H25NO2/c1-3-18-9-4-7-17(8-10-18)12-15(19)14-11-13(2)5-6-16(14)20-17/h5-6,11,15,19H,3-4,7-10,12H2,1-2H3/t15-,17?/m1/s1. The number of fused-ring (bicyclic) bond motifs is 1. The first-order valence-corrected chi connectivity index (χ1v) is 7.82.